The summed E-state index contributed by atoms with van der Waals surface area (Å²) >= 11 is 0. The molecule has 0 spiro atoms. The molecule has 0 aliphatic carbocycles. The first-order valence-corrected chi connectivity index (χ1v) is 8.72. The average molecular weight is 359 g/mol. The van der Waals surface area contributed by atoms with Gasteiger partial charge in [-0.2, -0.15) is 0 Å². The molecule has 0 unspecified atom stereocenters. The first kappa shape index (κ1) is 18.4. The van der Waals surface area contributed by atoms with E-state index in [1.54, 1.807) is 36.4 Å². The zero-order chi connectivity index (χ0) is 19.2. The molecule has 0 radical (unpaired) electrons. The van der Waals surface area contributed by atoms with Crippen molar-refractivity contribution in [2.24, 2.45) is 0 Å². The maximum absolute atomic E-state index is 12.3. The van der Waals surface area contributed by atoms with E-state index in [0.29, 0.717) is 22.6 Å². The van der Waals surface area contributed by atoms with E-state index in [1.165, 1.54) is 0 Å². The van der Waals surface area contributed by atoms with Crippen molar-refractivity contribution in [2.75, 3.05) is 11.9 Å². The summed E-state index contributed by atoms with van der Waals surface area (Å²) in [6.07, 6.45) is 0. The third-order valence-electron chi connectivity index (χ3n) is 4.33. The molecule has 3 aromatic rings. The molecule has 0 saturated carbocycles. The third-order valence-corrected chi connectivity index (χ3v) is 4.33. The topological polar surface area (TPSA) is 55.4 Å². The smallest absolute Gasteiger partial charge is 0.255 e. The number of carbonyl (C=O) groups is 2. The number of benzene rings is 3. The van der Waals surface area contributed by atoms with Crippen LogP contribution >= 0.6 is 0 Å². The lowest BCUT2D eigenvalue weighted by Gasteiger charge is -2.10. The number of nitrogens with one attached hydrogen (secondary N) is 1. The van der Waals surface area contributed by atoms with Crippen LogP contribution in [0.25, 0.3) is 0 Å². The second-order valence-corrected chi connectivity index (χ2v) is 6.36. The van der Waals surface area contributed by atoms with E-state index in [1.807, 2.05) is 50.2 Å². The minimum absolute atomic E-state index is 0.0570. The molecule has 0 aromatic heterocycles. The molecule has 0 aliphatic rings. The number of anilines is 1. The van der Waals surface area contributed by atoms with E-state index in [4.69, 9.17) is 4.74 Å². The van der Waals surface area contributed by atoms with Crippen molar-refractivity contribution in [1.82, 2.24) is 0 Å². The molecule has 0 atom stereocenters. The molecule has 0 saturated heterocycles. The SMILES string of the molecule is Cc1ccc(C(=O)COc2cccc(NC(=O)c3ccccc3)c2)cc1C. The Balaban J connectivity index is 1.63. The molecule has 4 nitrogen and oxygen atoms in total. The highest BCUT2D eigenvalue weighted by atomic mass is 16.5. The van der Waals surface area contributed by atoms with Gasteiger partial charge in [-0.05, 0) is 55.3 Å². The highest BCUT2D eigenvalue weighted by Crippen LogP contribution is 2.19. The van der Waals surface area contributed by atoms with Crippen molar-refractivity contribution in [2.45, 2.75) is 13.8 Å². The van der Waals surface area contributed by atoms with E-state index in [0.717, 1.165) is 11.1 Å². The highest BCUT2D eigenvalue weighted by Gasteiger charge is 2.09. The van der Waals surface area contributed by atoms with Gasteiger partial charge in [0.05, 0.1) is 0 Å². The van der Waals surface area contributed by atoms with Gasteiger partial charge in [0, 0.05) is 22.9 Å². The number of ketones is 1. The molecular weight excluding hydrogens is 338 g/mol. The molecular formula is C23H21NO3. The number of hydrogen-bond donors (Lipinski definition) is 1. The second-order valence-electron chi connectivity index (χ2n) is 6.36. The summed E-state index contributed by atoms with van der Waals surface area (Å²) in [7, 11) is 0. The molecule has 27 heavy (non-hydrogen) atoms. The van der Waals surface area contributed by atoms with Gasteiger partial charge in [-0.15, -0.1) is 0 Å². The Labute approximate surface area is 158 Å². The molecule has 0 aliphatic heterocycles. The minimum atomic E-state index is -0.195. The van der Waals surface area contributed by atoms with Crippen molar-refractivity contribution in [3.63, 3.8) is 0 Å². The van der Waals surface area contributed by atoms with E-state index in [-0.39, 0.29) is 18.3 Å². The van der Waals surface area contributed by atoms with Crippen molar-refractivity contribution >= 4 is 17.4 Å². The Morgan fingerprint density at radius 1 is 0.815 bits per heavy atom. The molecule has 1 N–H and O–H groups in total. The van der Waals surface area contributed by atoms with Gasteiger partial charge in [0.25, 0.3) is 5.91 Å². The third kappa shape index (κ3) is 4.82. The van der Waals surface area contributed by atoms with Crippen LogP contribution in [-0.4, -0.2) is 18.3 Å². The fourth-order valence-corrected chi connectivity index (χ4v) is 2.60. The van der Waals surface area contributed by atoms with Gasteiger partial charge in [-0.3, -0.25) is 9.59 Å². The van der Waals surface area contributed by atoms with Gasteiger partial charge in [-0.1, -0.05) is 36.4 Å². The summed E-state index contributed by atoms with van der Waals surface area (Å²) in [5, 5.41) is 2.83. The number of rotatable bonds is 6. The number of aryl methyl sites for hydroxylation is 2. The van der Waals surface area contributed by atoms with Crippen molar-refractivity contribution in [3.8, 4) is 5.75 Å². The Kier molecular flexibility index (Phi) is 5.67. The fraction of sp³-hybridized carbons (Fsp3) is 0.130. The normalized spacial score (nSPS) is 10.3. The Morgan fingerprint density at radius 2 is 1.59 bits per heavy atom. The Bertz CT molecular complexity index is 964. The summed E-state index contributed by atoms with van der Waals surface area (Å²) < 4.78 is 5.62. The number of hydrogen-bond acceptors (Lipinski definition) is 3. The Hall–Kier alpha value is -3.40. The predicted molar refractivity (Wildman–Crippen MR) is 107 cm³/mol. The van der Waals surface area contributed by atoms with Crippen LogP contribution in [0.2, 0.25) is 0 Å². The fourth-order valence-electron chi connectivity index (χ4n) is 2.60. The zero-order valence-electron chi connectivity index (χ0n) is 15.4. The monoisotopic (exact) mass is 359 g/mol. The molecule has 136 valence electrons. The summed E-state index contributed by atoms with van der Waals surface area (Å²) in [5.74, 6) is 0.244. The van der Waals surface area contributed by atoms with Gasteiger partial charge < -0.3 is 10.1 Å². The van der Waals surface area contributed by atoms with Crippen LogP contribution in [0.15, 0.2) is 72.8 Å². The van der Waals surface area contributed by atoms with Crippen LogP contribution in [0.5, 0.6) is 5.75 Å². The minimum Gasteiger partial charge on any atom is -0.485 e. The van der Waals surface area contributed by atoms with Gasteiger partial charge >= 0.3 is 0 Å². The van der Waals surface area contributed by atoms with Crippen LogP contribution in [0.4, 0.5) is 5.69 Å². The van der Waals surface area contributed by atoms with Crippen LogP contribution in [0.1, 0.15) is 31.8 Å². The molecule has 4 heteroatoms. The van der Waals surface area contributed by atoms with Crippen LogP contribution in [0.3, 0.4) is 0 Å². The van der Waals surface area contributed by atoms with Gasteiger partial charge in [-0.25, -0.2) is 0 Å². The van der Waals surface area contributed by atoms with Gasteiger partial charge in [0.2, 0.25) is 0 Å². The lowest BCUT2D eigenvalue weighted by atomic mass is 10.0. The van der Waals surface area contributed by atoms with Crippen LogP contribution in [-0.2, 0) is 0 Å². The molecule has 0 bridgehead atoms. The maximum atomic E-state index is 12.3. The Morgan fingerprint density at radius 3 is 2.33 bits per heavy atom. The van der Waals surface area contributed by atoms with E-state index < -0.39 is 0 Å². The van der Waals surface area contributed by atoms with Crippen molar-refractivity contribution in [1.29, 1.82) is 0 Å². The number of Topliss-reactive ketones (excluding diaryl/α,β-unsaturated/α-hetero) is 1. The van der Waals surface area contributed by atoms with E-state index in [9.17, 15) is 9.59 Å². The standard InChI is InChI=1S/C23H21NO3/c1-16-11-12-19(13-17(16)2)22(25)15-27-21-10-6-9-20(14-21)24-23(26)18-7-4-3-5-8-18/h3-14H,15H2,1-2H3,(H,24,26). The van der Waals surface area contributed by atoms with Crippen molar-refractivity contribution < 1.29 is 14.3 Å². The summed E-state index contributed by atoms with van der Waals surface area (Å²) in [5.41, 5.74) is 4.04. The molecule has 3 aromatic carbocycles. The first-order chi connectivity index (χ1) is 13.0. The van der Waals surface area contributed by atoms with Crippen LogP contribution in [0, 0.1) is 13.8 Å². The zero-order valence-corrected chi connectivity index (χ0v) is 15.4. The summed E-state index contributed by atoms with van der Waals surface area (Å²) in [6.45, 7) is 3.93. The molecule has 3 rings (SSSR count). The van der Waals surface area contributed by atoms with Gasteiger partial charge in [0.15, 0.2) is 12.4 Å². The van der Waals surface area contributed by atoms with E-state index >= 15 is 0 Å². The van der Waals surface area contributed by atoms with Crippen LogP contribution < -0.4 is 10.1 Å². The molecule has 1 amide bonds. The quantitative estimate of drug-likeness (QED) is 0.642. The lowest BCUT2D eigenvalue weighted by Crippen LogP contribution is -2.13. The van der Waals surface area contributed by atoms with E-state index in [2.05, 4.69) is 5.32 Å². The van der Waals surface area contributed by atoms with Gasteiger partial charge in [0.1, 0.15) is 5.75 Å². The molecule has 0 heterocycles. The number of ether oxygens (including phenoxy) is 1. The molecule has 0 fully saturated rings. The summed E-state index contributed by atoms with van der Waals surface area (Å²) in [4.78, 5) is 24.6. The predicted octanol–water partition coefficient (Wildman–Crippen LogP) is 4.82. The average Bonchev–Trinajstić information content (AvgIpc) is 2.69. The lowest BCUT2D eigenvalue weighted by molar-refractivity contribution is 0.0920. The number of amides is 1. The second kappa shape index (κ2) is 8.32. The first-order valence-electron chi connectivity index (χ1n) is 8.72. The number of carbonyl (C=O) groups excluding carboxylic acids is 2. The summed E-state index contributed by atoms with van der Waals surface area (Å²) in [6, 6.07) is 21.6. The largest absolute Gasteiger partial charge is 0.485 e. The highest BCUT2D eigenvalue weighted by molar-refractivity contribution is 6.04. The van der Waals surface area contributed by atoms with Crippen molar-refractivity contribution in [3.05, 3.63) is 95.1 Å². The maximum Gasteiger partial charge on any atom is 0.255 e.